The number of hydrogen-bond acceptors (Lipinski definition) is 6. The van der Waals surface area contributed by atoms with Gasteiger partial charge in [0.15, 0.2) is 9.84 Å². The lowest BCUT2D eigenvalue weighted by atomic mass is 10.2. The fourth-order valence-electron chi connectivity index (χ4n) is 2.44. The molecule has 3 rings (SSSR count). The number of aromatic nitrogens is 2. The molecule has 1 amide bonds. The van der Waals surface area contributed by atoms with Crippen molar-refractivity contribution in [2.45, 2.75) is 18.9 Å². The monoisotopic (exact) mass is 308 g/mol. The second-order valence-corrected chi connectivity index (χ2v) is 7.14. The van der Waals surface area contributed by atoms with Crippen LogP contribution in [-0.4, -0.2) is 49.2 Å². The molecule has 3 heterocycles. The van der Waals surface area contributed by atoms with Crippen molar-refractivity contribution in [3.8, 4) is 0 Å². The molecule has 0 aromatic carbocycles. The van der Waals surface area contributed by atoms with Crippen molar-refractivity contribution in [2.24, 2.45) is 0 Å². The summed E-state index contributed by atoms with van der Waals surface area (Å²) in [7, 11) is -3.17. The Morgan fingerprint density at radius 2 is 1.90 bits per heavy atom. The largest absolute Gasteiger partial charge is 0.345 e. The number of carbonyl (C=O) groups excluding carboxylic acids is 1. The van der Waals surface area contributed by atoms with E-state index in [4.69, 9.17) is 0 Å². The maximum Gasteiger partial charge on any atom is 0.254 e. The lowest BCUT2D eigenvalue weighted by Crippen LogP contribution is -2.35. The van der Waals surface area contributed by atoms with E-state index in [0.717, 1.165) is 31.3 Å². The molecule has 112 valence electrons. The summed E-state index contributed by atoms with van der Waals surface area (Å²) < 4.78 is 22.6. The maximum absolute atomic E-state index is 12.0. The highest BCUT2D eigenvalue weighted by Gasteiger charge is 2.24. The van der Waals surface area contributed by atoms with Crippen LogP contribution in [0.1, 0.15) is 23.2 Å². The summed E-state index contributed by atoms with van der Waals surface area (Å²) in [6, 6.07) is -0.485. The third-order valence-electron chi connectivity index (χ3n) is 3.54. The summed E-state index contributed by atoms with van der Waals surface area (Å²) in [5.41, 5.74) is 0.329. The SMILES string of the molecule is O=C(N[C@@H]1C=CS(=O)(=O)C1)c1cnc(N2CCCC2)nc1. The van der Waals surface area contributed by atoms with Gasteiger partial charge in [-0.2, -0.15) is 0 Å². The quantitative estimate of drug-likeness (QED) is 0.852. The normalized spacial score (nSPS) is 23.4. The van der Waals surface area contributed by atoms with Crippen molar-refractivity contribution in [3.05, 3.63) is 29.4 Å². The second-order valence-electron chi connectivity index (χ2n) is 5.20. The van der Waals surface area contributed by atoms with Crippen molar-refractivity contribution >= 4 is 21.7 Å². The van der Waals surface area contributed by atoms with Gasteiger partial charge >= 0.3 is 0 Å². The number of nitrogens with one attached hydrogen (secondary N) is 1. The molecule has 1 aromatic rings. The fraction of sp³-hybridized carbons (Fsp3) is 0.462. The van der Waals surface area contributed by atoms with Gasteiger partial charge in [-0.15, -0.1) is 0 Å². The number of rotatable bonds is 3. The number of carbonyl (C=O) groups is 1. The van der Waals surface area contributed by atoms with Crippen molar-refractivity contribution in [1.82, 2.24) is 15.3 Å². The summed E-state index contributed by atoms with van der Waals surface area (Å²) in [5.74, 6) is 0.174. The van der Waals surface area contributed by atoms with E-state index >= 15 is 0 Å². The molecule has 0 spiro atoms. The highest BCUT2D eigenvalue weighted by atomic mass is 32.2. The Morgan fingerprint density at radius 1 is 1.24 bits per heavy atom. The van der Waals surface area contributed by atoms with Crippen LogP contribution in [0.3, 0.4) is 0 Å². The molecule has 1 N–H and O–H groups in total. The van der Waals surface area contributed by atoms with Crippen LogP contribution in [0.25, 0.3) is 0 Å². The van der Waals surface area contributed by atoms with E-state index < -0.39 is 15.9 Å². The molecule has 0 aliphatic carbocycles. The van der Waals surface area contributed by atoms with Gasteiger partial charge in [0.25, 0.3) is 5.91 Å². The number of nitrogens with zero attached hydrogens (tertiary/aromatic N) is 3. The average Bonchev–Trinajstić information content (AvgIpc) is 3.09. The van der Waals surface area contributed by atoms with E-state index in [-0.39, 0.29) is 11.7 Å². The second kappa shape index (κ2) is 5.44. The Labute approximate surface area is 123 Å². The highest BCUT2D eigenvalue weighted by Crippen LogP contribution is 2.15. The molecule has 1 fully saturated rings. The summed E-state index contributed by atoms with van der Waals surface area (Å²) in [4.78, 5) is 22.5. The zero-order valence-corrected chi connectivity index (χ0v) is 12.2. The molecular formula is C13H16N4O3S. The number of sulfone groups is 1. The van der Waals surface area contributed by atoms with Crippen LogP contribution in [0.4, 0.5) is 5.95 Å². The molecule has 0 unspecified atom stereocenters. The Kier molecular flexibility index (Phi) is 3.62. The molecule has 21 heavy (non-hydrogen) atoms. The summed E-state index contributed by atoms with van der Waals surface area (Å²) in [6.07, 6.45) is 6.70. The standard InChI is InChI=1S/C13H16N4O3S/c18-12(16-11-3-6-21(19,20)9-11)10-7-14-13(15-8-10)17-4-1-2-5-17/h3,6-8,11H,1-2,4-5,9H2,(H,16,18)/t11-/m1/s1. The molecule has 2 aliphatic rings. The molecule has 0 bridgehead atoms. The number of anilines is 1. The first-order valence-electron chi connectivity index (χ1n) is 6.82. The van der Waals surface area contributed by atoms with Crippen LogP contribution in [0.5, 0.6) is 0 Å². The molecular weight excluding hydrogens is 292 g/mol. The first-order chi connectivity index (χ1) is 10.0. The summed E-state index contributed by atoms with van der Waals surface area (Å²) >= 11 is 0. The highest BCUT2D eigenvalue weighted by molar-refractivity contribution is 7.94. The van der Waals surface area contributed by atoms with Crippen LogP contribution < -0.4 is 10.2 Å². The summed E-state index contributed by atoms with van der Waals surface area (Å²) in [5, 5.41) is 3.77. The molecule has 8 heteroatoms. The minimum absolute atomic E-state index is 0.0918. The van der Waals surface area contributed by atoms with Crippen molar-refractivity contribution in [2.75, 3.05) is 23.7 Å². The first-order valence-corrected chi connectivity index (χ1v) is 8.54. The maximum atomic E-state index is 12.0. The van der Waals surface area contributed by atoms with Crippen LogP contribution in [-0.2, 0) is 9.84 Å². The number of amides is 1. The van der Waals surface area contributed by atoms with E-state index in [0.29, 0.717) is 11.5 Å². The fourth-order valence-corrected chi connectivity index (χ4v) is 3.67. The van der Waals surface area contributed by atoms with Gasteiger partial charge in [-0.25, -0.2) is 18.4 Å². The predicted octanol–water partition coefficient (Wildman–Crippen LogP) is 0.117. The topological polar surface area (TPSA) is 92.3 Å². The zero-order valence-electron chi connectivity index (χ0n) is 11.4. The smallest absolute Gasteiger partial charge is 0.254 e. The van der Waals surface area contributed by atoms with Crippen LogP contribution in [0.15, 0.2) is 23.9 Å². The third-order valence-corrected chi connectivity index (χ3v) is 4.93. The molecule has 1 aromatic heterocycles. The van der Waals surface area contributed by atoms with E-state index in [2.05, 4.69) is 20.2 Å². The zero-order chi connectivity index (χ0) is 14.9. The van der Waals surface area contributed by atoms with E-state index in [9.17, 15) is 13.2 Å². The molecule has 0 saturated carbocycles. The lowest BCUT2D eigenvalue weighted by Gasteiger charge is -2.15. The van der Waals surface area contributed by atoms with Crippen LogP contribution in [0, 0.1) is 0 Å². The van der Waals surface area contributed by atoms with Crippen LogP contribution >= 0.6 is 0 Å². The van der Waals surface area contributed by atoms with Gasteiger partial charge in [-0.3, -0.25) is 4.79 Å². The Balaban J connectivity index is 1.64. The van der Waals surface area contributed by atoms with Gasteiger partial charge in [0.05, 0.1) is 17.4 Å². The van der Waals surface area contributed by atoms with E-state index in [1.165, 1.54) is 18.5 Å². The van der Waals surface area contributed by atoms with Crippen molar-refractivity contribution in [1.29, 1.82) is 0 Å². The van der Waals surface area contributed by atoms with Gasteiger partial charge in [0, 0.05) is 30.9 Å². The van der Waals surface area contributed by atoms with Gasteiger partial charge in [0.2, 0.25) is 5.95 Å². The first kappa shape index (κ1) is 14.0. The minimum Gasteiger partial charge on any atom is -0.345 e. The van der Waals surface area contributed by atoms with Crippen molar-refractivity contribution in [3.63, 3.8) is 0 Å². The molecule has 7 nitrogen and oxygen atoms in total. The minimum atomic E-state index is -3.17. The average molecular weight is 308 g/mol. The predicted molar refractivity (Wildman–Crippen MR) is 77.7 cm³/mol. The van der Waals surface area contributed by atoms with Gasteiger partial charge in [-0.1, -0.05) is 0 Å². The molecule has 2 aliphatic heterocycles. The Hall–Kier alpha value is -1.96. The van der Waals surface area contributed by atoms with E-state index in [1.54, 1.807) is 0 Å². The Bertz CT molecular complexity index is 663. The number of hydrogen-bond donors (Lipinski definition) is 1. The van der Waals surface area contributed by atoms with Gasteiger partial charge in [-0.05, 0) is 18.9 Å². The van der Waals surface area contributed by atoms with E-state index in [1.807, 2.05) is 0 Å². The van der Waals surface area contributed by atoms with Gasteiger partial charge < -0.3 is 10.2 Å². The lowest BCUT2D eigenvalue weighted by molar-refractivity contribution is 0.0947. The molecule has 1 atom stereocenters. The summed E-state index contributed by atoms with van der Waals surface area (Å²) in [6.45, 7) is 1.88. The van der Waals surface area contributed by atoms with Crippen LogP contribution in [0.2, 0.25) is 0 Å². The third kappa shape index (κ3) is 3.21. The molecule has 0 radical (unpaired) electrons. The molecule has 1 saturated heterocycles. The van der Waals surface area contributed by atoms with Crippen molar-refractivity contribution < 1.29 is 13.2 Å². The Morgan fingerprint density at radius 3 is 2.48 bits per heavy atom. The van der Waals surface area contributed by atoms with Gasteiger partial charge in [0.1, 0.15) is 0 Å².